The second kappa shape index (κ2) is 8.10. The van der Waals surface area contributed by atoms with Crippen LogP contribution < -0.4 is 4.90 Å². The third kappa shape index (κ3) is 4.58. The Labute approximate surface area is 178 Å². The highest BCUT2D eigenvalue weighted by molar-refractivity contribution is 7.18. The minimum Gasteiger partial charge on any atom is -0.389 e. The van der Waals surface area contributed by atoms with Gasteiger partial charge in [0.15, 0.2) is 0 Å². The zero-order valence-electron chi connectivity index (χ0n) is 18.5. The Balaban J connectivity index is 1.64. The molecule has 1 N–H and O–H groups in total. The molecule has 2 aliphatic rings. The first kappa shape index (κ1) is 21.0. The maximum atomic E-state index is 10.2. The molecule has 1 atom stereocenters. The van der Waals surface area contributed by atoms with Crippen molar-refractivity contribution in [1.82, 2.24) is 19.8 Å². The van der Waals surface area contributed by atoms with Crippen LogP contribution in [0.25, 0.3) is 10.2 Å². The fourth-order valence-corrected chi connectivity index (χ4v) is 5.77. The van der Waals surface area contributed by atoms with Gasteiger partial charge < -0.3 is 10.0 Å². The summed E-state index contributed by atoms with van der Waals surface area (Å²) in [6.07, 6.45) is 2.57. The molecule has 0 amide bonds. The zero-order valence-corrected chi connectivity index (χ0v) is 19.3. The fraction of sp³-hybridized carbons (Fsp3) is 0.727. The number of β-amino-alcohol motifs (C(OH)–C–C–N with tert-alkyl or cyclic N) is 1. The second-order valence-corrected chi connectivity index (χ2v) is 10.7. The monoisotopic (exact) mass is 417 g/mol. The molecule has 2 saturated heterocycles. The Morgan fingerprint density at radius 3 is 2.45 bits per heavy atom. The zero-order chi connectivity index (χ0) is 20.8. The third-order valence-electron chi connectivity index (χ3n) is 6.21. The van der Waals surface area contributed by atoms with E-state index in [4.69, 9.17) is 9.97 Å². The lowest BCUT2D eigenvalue weighted by Gasteiger charge is -2.42. The van der Waals surface area contributed by atoms with E-state index in [1.165, 1.54) is 28.7 Å². The quantitative estimate of drug-likeness (QED) is 0.806. The van der Waals surface area contributed by atoms with Crippen LogP contribution in [0.1, 0.15) is 49.9 Å². The molecule has 2 aromatic heterocycles. The number of aromatic nitrogens is 2. The summed E-state index contributed by atoms with van der Waals surface area (Å²) in [5.41, 5.74) is 0.660. The van der Waals surface area contributed by atoms with E-state index >= 15 is 0 Å². The molecule has 2 aliphatic heterocycles. The molecule has 4 heterocycles. The Bertz CT molecular complexity index is 868. The number of rotatable bonds is 5. The lowest BCUT2D eigenvalue weighted by Crippen LogP contribution is -2.55. The van der Waals surface area contributed by atoms with Crippen molar-refractivity contribution in [2.75, 3.05) is 44.2 Å². The van der Waals surface area contributed by atoms with Gasteiger partial charge in [-0.25, -0.2) is 9.97 Å². The number of fused-ring (bicyclic) bond motifs is 1. The van der Waals surface area contributed by atoms with E-state index in [-0.39, 0.29) is 0 Å². The van der Waals surface area contributed by atoms with Crippen LogP contribution in [0.4, 0.5) is 5.82 Å². The largest absolute Gasteiger partial charge is 0.389 e. The van der Waals surface area contributed by atoms with Gasteiger partial charge in [0.05, 0.1) is 17.5 Å². The molecule has 0 radical (unpaired) electrons. The predicted molar refractivity (Wildman–Crippen MR) is 121 cm³/mol. The van der Waals surface area contributed by atoms with Crippen LogP contribution in [0.5, 0.6) is 0 Å². The van der Waals surface area contributed by atoms with Crippen LogP contribution in [-0.2, 0) is 6.54 Å². The Morgan fingerprint density at radius 1 is 1.07 bits per heavy atom. The van der Waals surface area contributed by atoms with Crippen molar-refractivity contribution in [3.63, 3.8) is 0 Å². The topological polar surface area (TPSA) is 55.7 Å². The van der Waals surface area contributed by atoms with Crippen LogP contribution in [0.3, 0.4) is 0 Å². The Kier molecular flexibility index (Phi) is 5.86. The van der Waals surface area contributed by atoms with Crippen LogP contribution >= 0.6 is 11.3 Å². The summed E-state index contributed by atoms with van der Waals surface area (Å²) in [5.74, 6) is 2.07. The van der Waals surface area contributed by atoms with Gasteiger partial charge in [-0.2, -0.15) is 0 Å². The molecular weight excluding hydrogens is 382 g/mol. The number of aryl methyl sites for hydroxylation is 2. The lowest BCUT2D eigenvalue weighted by atomic mass is 10.1. The highest BCUT2D eigenvalue weighted by Crippen LogP contribution is 2.36. The maximum Gasteiger partial charge on any atom is 0.146 e. The number of piperazine rings is 1. The maximum absolute atomic E-state index is 10.2. The van der Waals surface area contributed by atoms with E-state index in [1.807, 2.05) is 13.8 Å². The Hall–Kier alpha value is -1.28. The Morgan fingerprint density at radius 2 is 1.79 bits per heavy atom. The van der Waals surface area contributed by atoms with E-state index in [9.17, 15) is 5.11 Å². The third-order valence-corrected chi connectivity index (χ3v) is 7.31. The van der Waals surface area contributed by atoms with E-state index in [2.05, 4.69) is 35.5 Å². The minimum atomic E-state index is -0.659. The minimum absolute atomic E-state index is 0.350. The molecule has 0 spiro atoms. The molecule has 0 bridgehead atoms. The van der Waals surface area contributed by atoms with Crippen LogP contribution in [0.2, 0.25) is 0 Å². The molecule has 1 unspecified atom stereocenters. The molecule has 4 rings (SSSR count). The average Bonchev–Trinajstić information content (AvgIpc) is 3.22. The molecule has 2 fully saturated rings. The molecule has 7 heteroatoms. The smallest absolute Gasteiger partial charge is 0.146 e. The van der Waals surface area contributed by atoms with Gasteiger partial charge in [0.1, 0.15) is 16.5 Å². The van der Waals surface area contributed by atoms with Crippen LogP contribution in [0.15, 0.2) is 0 Å². The van der Waals surface area contributed by atoms with E-state index in [0.717, 1.165) is 55.7 Å². The van der Waals surface area contributed by atoms with Gasteiger partial charge in [-0.3, -0.25) is 9.80 Å². The van der Waals surface area contributed by atoms with Crippen molar-refractivity contribution in [1.29, 1.82) is 0 Å². The average molecular weight is 418 g/mol. The summed E-state index contributed by atoms with van der Waals surface area (Å²) in [7, 11) is 0. The number of thiophene rings is 1. The highest BCUT2D eigenvalue weighted by Gasteiger charge is 2.30. The fourth-order valence-electron chi connectivity index (χ4n) is 4.73. The van der Waals surface area contributed by atoms with Crippen molar-refractivity contribution >= 4 is 27.4 Å². The van der Waals surface area contributed by atoms with Gasteiger partial charge >= 0.3 is 0 Å². The van der Waals surface area contributed by atoms with Gasteiger partial charge in [0.25, 0.3) is 0 Å². The molecule has 0 aliphatic carbocycles. The summed E-state index contributed by atoms with van der Waals surface area (Å²) in [4.78, 5) is 19.9. The second-order valence-electron chi connectivity index (χ2n) is 9.50. The predicted octanol–water partition coefficient (Wildman–Crippen LogP) is 3.19. The number of aliphatic hydroxyl groups is 1. The van der Waals surface area contributed by atoms with E-state index in [0.29, 0.717) is 12.6 Å². The first-order valence-corrected chi connectivity index (χ1v) is 11.7. The molecular formula is C22H35N5OS. The molecule has 29 heavy (non-hydrogen) atoms. The van der Waals surface area contributed by atoms with Gasteiger partial charge in [-0.1, -0.05) is 0 Å². The van der Waals surface area contributed by atoms with Gasteiger partial charge in [0.2, 0.25) is 0 Å². The van der Waals surface area contributed by atoms with Crippen molar-refractivity contribution in [2.24, 2.45) is 0 Å². The highest BCUT2D eigenvalue weighted by atomic mass is 32.1. The van der Waals surface area contributed by atoms with Gasteiger partial charge in [-0.15, -0.1) is 11.3 Å². The SMILES string of the molecule is Cc1sc2nc(CN3CCCC3)nc(N3CCN(CC(C)(C)O)CC3C)c2c1C. The number of likely N-dealkylation sites (tertiary alicyclic amines) is 1. The van der Waals surface area contributed by atoms with E-state index < -0.39 is 5.60 Å². The number of anilines is 1. The molecule has 0 saturated carbocycles. The summed E-state index contributed by atoms with van der Waals surface area (Å²) in [6.45, 7) is 17.2. The first-order valence-electron chi connectivity index (χ1n) is 10.9. The van der Waals surface area contributed by atoms with Crippen LogP contribution in [-0.4, -0.2) is 75.8 Å². The van der Waals surface area contributed by atoms with Crippen molar-refractivity contribution in [3.8, 4) is 0 Å². The molecule has 2 aromatic rings. The molecule has 6 nitrogen and oxygen atoms in total. The van der Waals surface area contributed by atoms with E-state index in [1.54, 1.807) is 11.3 Å². The lowest BCUT2D eigenvalue weighted by molar-refractivity contribution is 0.0307. The summed E-state index contributed by atoms with van der Waals surface area (Å²) < 4.78 is 0. The normalized spacial score (nSPS) is 22.1. The number of hydrogen-bond donors (Lipinski definition) is 1. The van der Waals surface area contributed by atoms with Gasteiger partial charge in [-0.05, 0) is 66.1 Å². The summed E-state index contributed by atoms with van der Waals surface area (Å²) >= 11 is 1.80. The van der Waals surface area contributed by atoms with Gasteiger partial charge in [0, 0.05) is 37.1 Å². The van der Waals surface area contributed by atoms with Crippen molar-refractivity contribution < 1.29 is 5.11 Å². The molecule has 0 aromatic carbocycles. The summed E-state index contributed by atoms with van der Waals surface area (Å²) in [6, 6.07) is 0.350. The number of nitrogens with zero attached hydrogens (tertiary/aromatic N) is 5. The van der Waals surface area contributed by atoms with Crippen LogP contribution in [0, 0.1) is 13.8 Å². The summed E-state index contributed by atoms with van der Waals surface area (Å²) in [5, 5.41) is 11.4. The number of hydrogen-bond acceptors (Lipinski definition) is 7. The van der Waals surface area contributed by atoms with Crippen molar-refractivity contribution in [2.45, 2.75) is 65.6 Å². The first-order chi connectivity index (χ1) is 13.7. The standard InChI is InChI=1S/C22H35N5OS/c1-15-12-26(14-22(4,5)28)10-11-27(15)20-19-16(2)17(3)29-21(19)24-18(23-20)13-25-8-6-7-9-25/h15,28H,6-14H2,1-5H3. The van der Waals surface area contributed by atoms with Crippen molar-refractivity contribution in [3.05, 3.63) is 16.3 Å². The molecule has 160 valence electrons.